The van der Waals surface area contributed by atoms with Gasteiger partial charge in [0.05, 0.1) is 10.6 Å². The van der Waals surface area contributed by atoms with E-state index in [2.05, 4.69) is 10.6 Å². The van der Waals surface area contributed by atoms with Gasteiger partial charge in [-0.05, 0) is 36.4 Å². The van der Waals surface area contributed by atoms with Crippen molar-refractivity contribution < 1.29 is 23.5 Å². The molecule has 2 amide bonds. The number of benzene rings is 1. The molecule has 2 rings (SSSR count). The number of ether oxygens (including phenoxy) is 1. The largest absolute Gasteiger partial charge is 0.451 e. The van der Waals surface area contributed by atoms with Crippen molar-refractivity contribution in [3.63, 3.8) is 0 Å². The summed E-state index contributed by atoms with van der Waals surface area (Å²) in [6, 6.07) is 8.15. The lowest BCUT2D eigenvalue weighted by Gasteiger charge is -2.22. The zero-order chi connectivity index (χ0) is 20.0. The van der Waals surface area contributed by atoms with E-state index in [1.807, 2.05) is 0 Å². The lowest BCUT2D eigenvalue weighted by atomic mass is 10.0. The molecule has 6 nitrogen and oxygen atoms in total. The molecule has 27 heavy (non-hydrogen) atoms. The molecule has 1 heterocycles. The van der Waals surface area contributed by atoms with E-state index >= 15 is 0 Å². The number of para-hydroxylation sites is 1. The second kappa shape index (κ2) is 9.27. The number of carbonyl (C=O) groups is 3. The highest BCUT2D eigenvalue weighted by Crippen LogP contribution is 2.14. The van der Waals surface area contributed by atoms with Gasteiger partial charge < -0.3 is 15.4 Å². The van der Waals surface area contributed by atoms with Gasteiger partial charge in [-0.3, -0.25) is 9.59 Å². The maximum Gasteiger partial charge on any atom is 0.329 e. The van der Waals surface area contributed by atoms with Crippen LogP contribution in [-0.2, 0) is 14.3 Å². The van der Waals surface area contributed by atoms with Crippen molar-refractivity contribution in [3.05, 3.63) is 52.5 Å². The van der Waals surface area contributed by atoms with Gasteiger partial charge in [0.15, 0.2) is 6.10 Å². The zero-order valence-corrected chi connectivity index (χ0v) is 16.0. The first-order chi connectivity index (χ1) is 12.8. The minimum Gasteiger partial charge on any atom is -0.451 e. The summed E-state index contributed by atoms with van der Waals surface area (Å²) in [6.07, 6.45) is -1.16. The number of anilines is 1. The van der Waals surface area contributed by atoms with Crippen molar-refractivity contribution in [2.24, 2.45) is 5.92 Å². The summed E-state index contributed by atoms with van der Waals surface area (Å²) in [4.78, 5) is 37.3. The van der Waals surface area contributed by atoms with E-state index in [-0.39, 0.29) is 17.5 Å². The molecule has 144 valence electrons. The van der Waals surface area contributed by atoms with Gasteiger partial charge in [0, 0.05) is 0 Å². The Morgan fingerprint density at radius 2 is 1.78 bits per heavy atom. The number of esters is 1. The Kier molecular flexibility index (Phi) is 7.06. The second-order valence-electron chi connectivity index (χ2n) is 6.22. The maximum atomic E-state index is 13.6. The van der Waals surface area contributed by atoms with Crippen LogP contribution >= 0.6 is 11.3 Å². The van der Waals surface area contributed by atoms with E-state index in [1.54, 1.807) is 37.4 Å². The van der Waals surface area contributed by atoms with Gasteiger partial charge in [0.2, 0.25) is 0 Å². The number of thiophene rings is 1. The van der Waals surface area contributed by atoms with Crippen molar-refractivity contribution in [1.82, 2.24) is 5.32 Å². The average Bonchev–Trinajstić information content (AvgIpc) is 3.15. The molecule has 0 aliphatic heterocycles. The molecule has 0 fully saturated rings. The summed E-state index contributed by atoms with van der Waals surface area (Å²) in [5.74, 6) is -2.62. The van der Waals surface area contributed by atoms with Crippen LogP contribution in [0.4, 0.5) is 10.1 Å². The Balaban J connectivity index is 1.98. The van der Waals surface area contributed by atoms with Crippen molar-refractivity contribution in [3.8, 4) is 0 Å². The standard InChI is InChI=1S/C19H21FN2O4S/c1-11(2)16(22-18(24)15-9-6-10-27-15)19(25)26-12(3)17(23)21-14-8-5-4-7-13(14)20/h4-12,16H,1-3H3,(H,21,23)(H,22,24). The number of rotatable bonds is 7. The van der Waals surface area contributed by atoms with E-state index in [1.165, 1.54) is 36.5 Å². The van der Waals surface area contributed by atoms with E-state index < -0.39 is 29.8 Å². The summed E-state index contributed by atoms with van der Waals surface area (Å²) in [7, 11) is 0. The SMILES string of the molecule is CC(OC(=O)C(NC(=O)c1cccs1)C(C)C)C(=O)Nc1ccccc1F. The van der Waals surface area contributed by atoms with Gasteiger partial charge in [0.1, 0.15) is 11.9 Å². The highest BCUT2D eigenvalue weighted by molar-refractivity contribution is 7.12. The quantitative estimate of drug-likeness (QED) is 0.709. The number of amides is 2. The molecular formula is C19H21FN2O4S. The first kappa shape index (κ1) is 20.6. The molecule has 2 unspecified atom stereocenters. The van der Waals surface area contributed by atoms with Crippen LogP contribution in [-0.4, -0.2) is 29.9 Å². The molecule has 0 radical (unpaired) electrons. The fraction of sp³-hybridized carbons (Fsp3) is 0.316. The third-order valence-electron chi connectivity index (χ3n) is 3.75. The smallest absolute Gasteiger partial charge is 0.329 e. The summed E-state index contributed by atoms with van der Waals surface area (Å²) in [6.45, 7) is 4.89. The normalized spacial score (nSPS) is 12.9. The third kappa shape index (κ3) is 5.62. The molecule has 2 aromatic rings. The first-order valence-corrected chi connectivity index (χ1v) is 9.27. The molecule has 0 aliphatic rings. The topological polar surface area (TPSA) is 84.5 Å². The van der Waals surface area contributed by atoms with Crippen LogP contribution < -0.4 is 10.6 Å². The molecule has 0 saturated carbocycles. The van der Waals surface area contributed by atoms with Crippen LogP contribution in [0.15, 0.2) is 41.8 Å². The van der Waals surface area contributed by atoms with Gasteiger partial charge in [-0.25, -0.2) is 9.18 Å². The van der Waals surface area contributed by atoms with E-state index in [9.17, 15) is 18.8 Å². The predicted molar refractivity (Wildman–Crippen MR) is 101 cm³/mol. The fourth-order valence-electron chi connectivity index (χ4n) is 2.22. The number of hydrogen-bond donors (Lipinski definition) is 2. The van der Waals surface area contributed by atoms with Gasteiger partial charge in [0.25, 0.3) is 11.8 Å². The van der Waals surface area contributed by atoms with Crippen LogP contribution in [0.2, 0.25) is 0 Å². The van der Waals surface area contributed by atoms with Crippen LogP contribution in [0.5, 0.6) is 0 Å². The monoisotopic (exact) mass is 392 g/mol. The second-order valence-corrected chi connectivity index (χ2v) is 7.17. The molecule has 0 bridgehead atoms. The minimum absolute atomic E-state index is 0.00296. The molecule has 1 aromatic heterocycles. The van der Waals surface area contributed by atoms with E-state index in [4.69, 9.17) is 4.74 Å². The maximum absolute atomic E-state index is 13.6. The van der Waals surface area contributed by atoms with Gasteiger partial charge in [-0.15, -0.1) is 11.3 Å². The molecule has 1 aromatic carbocycles. The Morgan fingerprint density at radius 1 is 1.07 bits per heavy atom. The number of nitrogens with one attached hydrogen (secondary N) is 2. The van der Waals surface area contributed by atoms with Crippen LogP contribution in [0.1, 0.15) is 30.4 Å². The van der Waals surface area contributed by atoms with Gasteiger partial charge in [-0.2, -0.15) is 0 Å². The van der Waals surface area contributed by atoms with Crippen molar-refractivity contribution in [2.75, 3.05) is 5.32 Å². The fourth-order valence-corrected chi connectivity index (χ4v) is 2.84. The summed E-state index contributed by atoms with van der Waals surface area (Å²) < 4.78 is 18.8. The molecular weight excluding hydrogens is 371 g/mol. The number of hydrogen-bond acceptors (Lipinski definition) is 5. The predicted octanol–water partition coefficient (Wildman–Crippen LogP) is 3.21. The van der Waals surface area contributed by atoms with Crippen molar-refractivity contribution in [2.45, 2.75) is 32.9 Å². The van der Waals surface area contributed by atoms with Crippen LogP contribution in [0.3, 0.4) is 0 Å². The Hall–Kier alpha value is -2.74. The lowest BCUT2D eigenvalue weighted by Crippen LogP contribution is -2.47. The minimum atomic E-state index is -1.16. The van der Waals surface area contributed by atoms with E-state index in [0.29, 0.717) is 4.88 Å². The first-order valence-electron chi connectivity index (χ1n) is 8.40. The third-order valence-corrected chi connectivity index (χ3v) is 4.61. The number of carbonyl (C=O) groups excluding carboxylic acids is 3. The molecule has 0 aliphatic carbocycles. The Morgan fingerprint density at radius 3 is 2.37 bits per heavy atom. The molecule has 2 atom stereocenters. The van der Waals surface area contributed by atoms with Crippen LogP contribution in [0.25, 0.3) is 0 Å². The lowest BCUT2D eigenvalue weighted by molar-refractivity contribution is -0.156. The van der Waals surface area contributed by atoms with E-state index in [0.717, 1.165) is 0 Å². The highest BCUT2D eigenvalue weighted by Gasteiger charge is 2.29. The average molecular weight is 392 g/mol. The molecule has 0 saturated heterocycles. The Labute approximate surface area is 160 Å². The number of halogens is 1. The summed E-state index contributed by atoms with van der Waals surface area (Å²) in [5, 5.41) is 6.75. The molecule has 2 N–H and O–H groups in total. The van der Waals surface area contributed by atoms with Crippen molar-refractivity contribution >= 4 is 34.8 Å². The zero-order valence-electron chi connectivity index (χ0n) is 15.2. The summed E-state index contributed by atoms with van der Waals surface area (Å²) in [5.41, 5.74) is -0.00296. The summed E-state index contributed by atoms with van der Waals surface area (Å²) >= 11 is 1.25. The molecule has 8 heteroatoms. The highest BCUT2D eigenvalue weighted by atomic mass is 32.1. The van der Waals surface area contributed by atoms with Crippen molar-refractivity contribution in [1.29, 1.82) is 0 Å². The molecule has 0 spiro atoms. The van der Waals surface area contributed by atoms with Gasteiger partial charge >= 0.3 is 5.97 Å². The van der Waals surface area contributed by atoms with Crippen LogP contribution in [0, 0.1) is 11.7 Å². The van der Waals surface area contributed by atoms with Gasteiger partial charge in [-0.1, -0.05) is 32.0 Å². The Bertz CT molecular complexity index is 808.